The minimum atomic E-state index is -0.0551. The van der Waals surface area contributed by atoms with Gasteiger partial charge < -0.3 is 19.5 Å². The maximum atomic E-state index is 13.0. The molecule has 1 aromatic heterocycles. The highest BCUT2D eigenvalue weighted by Gasteiger charge is 2.29. The standard InChI is InChI=1S/C25H28N4O4/c1-3-22(30)26-20-9-5-7-18(15-20)23-27-24(33-28-23)19-8-6-14-29(16-19)25(31)17-10-12-21(13-11-17)32-4-2/h5,7,9-13,15,19H,3-4,6,8,14,16H2,1-2H3,(H,26,30). The molecule has 2 aromatic carbocycles. The maximum Gasteiger partial charge on any atom is 0.253 e. The summed E-state index contributed by atoms with van der Waals surface area (Å²) in [5.41, 5.74) is 2.09. The summed E-state index contributed by atoms with van der Waals surface area (Å²) >= 11 is 0. The van der Waals surface area contributed by atoms with E-state index in [4.69, 9.17) is 9.26 Å². The van der Waals surface area contributed by atoms with Gasteiger partial charge in [0.05, 0.1) is 12.5 Å². The topological polar surface area (TPSA) is 97.6 Å². The summed E-state index contributed by atoms with van der Waals surface area (Å²) in [6.45, 7) is 5.55. The fourth-order valence-electron chi connectivity index (χ4n) is 3.91. The maximum absolute atomic E-state index is 13.0. The number of nitrogens with one attached hydrogen (secondary N) is 1. The van der Waals surface area contributed by atoms with Gasteiger partial charge in [-0.2, -0.15) is 4.98 Å². The highest BCUT2D eigenvalue weighted by Crippen LogP contribution is 2.29. The molecule has 0 bridgehead atoms. The van der Waals surface area contributed by atoms with Crippen LogP contribution in [0.3, 0.4) is 0 Å². The Kier molecular flexibility index (Phi) is 7.02. The highest BCUT2D eigenvalue weighted by molar-refractivity contribution is 5.94. The van der Waals surface area contributed by atoms with Gasteiger partial charge in [0, 0.05) is 36.3 Å². The van der Waals surface area contributed by atoms with Crippen molar-refractivity contribution in [3.05, 3.63) is 60.0 Å². The van der Waals surface area contributed by atoms with Crippen molar-refractivity contribution in [1.29, 1.82) is 0 Å². The molecule has 33 heavy (non-hydrogen) atoms. The molecule has 1 atom stereocenters. The molecule has 3 aromatic rings. The number of carbonyl (C=O) groups excluding carboxylic acids is 2. The van der Waals surface area contributed by atoms with Crippen molar-refractivity contribution in [3.8, 4) is 17.1 Å². The molecule has 4 rings (SSSR count). The fourth-order valence-corrected chi connectivity index (χ4v) is 3.91. The van der Waals surface area contributed by atoms with E-state index in [9.17, 15) is 9.59 Å². The summed E-state index contributed by atoms with van der Waals surface area (Å²) in [6, 6.07) is 14.6. The molecule has 172 valence electrons. The summed E-state index contributed by atoms with van der Waals surface area (Å²) in [4.78, 5) is 31.1. The van der Waals surface area contributed by atoms with Crippen LogP contribution in [0, 0.1) is 0 Å². The fraction of sp³-hybridized carbons (Fsp3) is 0.360. The number of ether oxygens (including phenoxy) is 1. The van der Waals surface area contributed by atoms with Crippen LogP contribution in [0.25, 0.3) is 11.4 Å². The van der Waals surface area contributed by atoms with Gasteiger partial charge in [0.15, 0.2) is 0 Å². The van der Waals surface area contributed by atoms with Gasteiger partial charge in [-0.05, 0) is 56.2 Å². The van der Waals surface area contributed by atoms with Crippen LogP contribution in [-0.4, -0.2) is 46.6 Å². The predicted octanol–water partition coefficient (Wildman–Crippen LogP) is 4.50. The average Bonchev–Trinajstić information content (AvgIpc) is 3.35. The first-order chi connectivity index (χ1) is 16.1. The minimum Gasteiger partial charge on any atom is -0.494 e. The van der Waals surface area contributed by atoms with Crippen LogP contribution in [0.1, 0.15) is 55.3 Å². The van der Waals surface area contributed by atoms with Crippen LogP contribution in [-0.2, 0) is 4.79 Å². The quantitative estimate of drug-likeness (QED) is 0.571. The molecule has 1 aliphatic rings. The van der Waals surface area contributed by atoms with Crippen LogP contribution in [0.5, 0.6) is 5.75 Å². The van der Waals surface area contributed by atoms with E-state index in [0.717, 1.165) is 24.2 Å². The summed E-state index contributed by atoms with van der Waals surface area (Å²) in [7, 11) is 0. The first-order valence-corrected chi connectivity index (χ1v) is 11.3. The number of carbonyl (C=O) groups is 2. The third-order valence-corrected chi connectivity index (χ3v) is 5.64. The molecule has 0 radical (unpaired) electrons. The Morgan fingerprint density at radius 1 is 1.18 bits per heavy atom. The second-order valence-corrected chi connectivity index (χ2v) is 7.99. The first kappa shape index (κ1) is 22.5. The van der Waals surface area contributed by atoms with E-state index in [1.807, 2.05) is 48.2 Å². The molecule has 1 fully saturated rings. The van der Waals surface area contributed by atoms with Crippen LogP contribution < -0.4 is 10.1 Å². The highest BCUT2D eigenvalue weighted by atomic mass is 16.5. The number of nitrogens with zero attached hydrogens (tertiary/aromatic N) is 3. The zero-order chi connectivity index (χ0) is 23.2. The lowest BCUT2D eigenvalue weighted by Gasteiger charge is -2.31. The molecule has 1 unspecified atom stereocenters. The molecule has 1 saturated heterocycles. The van der Waals surface area contributed by atoms with Crippen molar-refractivity contribution in [2.24, 2.45) is 0 Å². The predicted molar refractivity (Wildman–Crippen MR) is 124 cm³/mol. The summed E-state index contributed by atoms with van der Waals surface area (Å²) in [6.07, 6.45) is 2.15. The molecule has 0 saturated carbocycles. The Morgan fingerprint density at radius 2 is 2.00 bits per heavy atom. The summed E-state index contributed by atoms with van der Waals surface area (Å²) < 4.78 is 11.0. The first-order valence-electron chi connectivity index (χ1n) is 11.3. The van der Waals surface area contributed by atoms with Gasteiger partial charge in [-0.1, -0.05) is 24.2 Å². The molecule has 2 heterocycles. The van der Waals surface area contributed by atoms with Crippen LogP contribution >= 0.6 is 0 Å². The van der Waals surface area contributed by atoms with E-state index in [-0.39, 0.29) is 17.7 Å². The number of piperidine rings is 1. The van der Waals surface area contributed by atoms with Crippen molar-refractivity contribution < 1.29 is 18.8 Å². The van der Waals surface area contributed by atoms with Gasteiger partial charge in [-0.3, -0.25) is 9.59 Å². The Hall–Kier alpha value is -3.68. The third kappa shape index (κ3) is 5.39. The Morgan fingerprint density at radius 3 is 2.76 bits per heavy atom. The smallest absolute Gasteiger partial charge is 0.253 e. The van der Waals surface area contributed by atoms with Gasteiger partial charge in [-0.15, -0.1) is 0 Å². The number of anilines is 1. The Balaban J connectivity index is 1.44. The van der Waals surface area contributed by atoms with Crippen molar-refractivity contribution in [1.82, 2.24) is 15.0 Å². The largest absolute Gasteiger partial charge is 0.494 e. The van der Waals surface area contributed by atoms with Crippen molar-refractivity contribution in [2.45, 2.75) is 39.0 Å². The van der Waals surface area contributed by atoms with Gasteiger partial charge in [0.25, 0.3) is 5.91 Å². The Labute approximate surface area is 192 Å². The number of aromatic nitrogens is 2. The molecule has 0 aliphatic carbocycles. The third-order valence-electron chi connectivity index (χ3n) is 5.64. The lowest BCUT2D eigenvalue weighted by atomic mass is 9.97. The molecule has 2 amide bonds. The molecule has 1 N–H and O–H groups in total. The van der Waals surface area contributed by atoms with Crippen molar-refractivity contribution in [3.63, 3.8) is 0 Å². The van der Waals surface area contributed by atoms with Crippen molar-refractivity contribution >= 4 is 17.5 Å². The minimum absolute atomic E-state index is 0.0122. The van der Waals surface area contributed by atoms with E-state index in [1.165, 1.54) is 0 Å². The molecule has 8 heteroatoms. The number of amides is 2. The lowest BCUT2D eigenvalue weighted by molar-refractivity contribution is -0.115. The van der Waals surface area contributed by atoms with E-state index in [1.54, 1.807) is 19.1 Å². The monoisotopic (exact) mass is 448 g/mol. The van der Waals surface area contributed by atoms with E-state index < -0.39 is 0 Å². The zero-order valence-electron chi connectivity index (χ0n) is 18.9. The zero-order valence-corrected chi connectivity index (χ0v) is 18.9. The van der Waals surface area contributed by atoms with Gasteiger partial charge in [0.2, 0.25) is 17.6 Å². The second kappa shape index (κ2) is 10.3. The second-order valence-electron chi connectivity index (χ2n) is 7.99. The molecular weight excluding hydrogens is 420 g/mol. The number of likely N-dealkylation sites (tertiary alicyclic amines) is 1. The molecule has 1 aliphatic heterocycles. The van der Waals surface area contributed by atoms with E-state index >= 15 is 0 Å². The van der Waals surface area contributed by atoms with Gasteiger partial charge >= 0.3 is 0 Å². The summed E-state index contributed by atoms with van der Waals surface area (Å²) in [5.74, 6) is 1.66. The number of hydrogen-bond acceptors (Lipinski definition) is 6. The van der Waals surface area contributed by atoms with Crippen molar-refractivity contribution in [2.75, 3.05) is 25.0 Å². The SMILES string of the molecule is CCOc1ccc(C(=O)N2CCCC(c3nc(-c4cccc(NC(=O)CC)c4)no3)C2)cc1. The van der Waals surface area contributed by atoms with Gasteiger partial charge in [-0.25, -0.2) is 0 Å². The van der Waals surface area contributed by atoms with Crippen LogP contribution in [0.2, 0.25) is 0 Å². The van der Waals surface area contributed by atoms with Crippen LogP contribution in [0.4, 0.5) is 5.69 Å². The normalized spacial score (nSPS) is 15.8. The van der Waals surface area contributed by atoms with E-state index in [0.29, 0.717) is 49.1 Å². The molecular formula is C25H28N4O4. The summed E-state index contributed by atoms with van der Waals surface area (Å²) in [5, 5.41) is 6.98. The lowest BCUT2D eigenvalue weighted by Crippen LogP contribution is -2.39. The van der Waals surface area contributed by atoms with Crippen LogP contribution in [0.15, 0.2) is 53.1 Å². The average molecular weight is 449 g/mol. The number of hydrogen-bond donors (Lipinski definition) is 1. The number of rotatable bonds is 7. The molecule has 0 spiro atoms. The number of benzene rings is 2. The van der Waals surface area contributed by atoms with Gasteiger partial charge in [0.1, 0.15) is 5.75 Å². The van der Waals surface area contributed by atoms with E-state index in [2.05, 4.69) is 15.5 Å². The Bertz CT molecular complexity index is 1110. The molecule has 8 nitrogen and oxygen atoms in total.